The van der Waals surface area contributed by atoms with Crippen LogP contribution in [0.3, 0.4) is 0 Å². The number of hydrogen-bond acceptors (Lipinski definition) is 6. The van der Waals surface area contributed by atoms with Crippen LogP contribution in [0.1, 0.15) is 83.0 Å². The fourth-order valence-electron chi connectivity index (χ4n) is 3.68. The van der Waals surface area contributed by atoms with Crippen molar-refractivity contribution in [2.45, 2.75) is 56.5 Å². The number of nitrogens with one attached hydrogen (secondary N) is 2. The van der Waals surface area contributed by atoms with E-state index in [-0.39, 0.29) is 41.2 Å². The van der Waals surface area contributed by atoms with Crippen LogP contribution in [0, 0.1) is 0 Å². The molecule has 0 spiro atoms. The monoisotopic (exact) mass is 383 g/mol. The number of hydrogen-bond donors (Lipinski definition) is 2. The van der Waals surface area contributed by atoms with Crippen LogP contribution in [-0.2, 0) is 0 Å². The minimum absolute atomic E-state index is 0.00614. The molecule has 1 atom stereocenters. The lowest BCUT2D eigenvalue weighted by molar-refractivity contribution is 0.0709. The summed E-state index contributed by atoms with van der Waals surface area (Å²) in [6.07, 6.45) is 5.49. The third kappa shape index (κ3) is 3.32. The maximum absolute atomic E-state index is 13.1. The standard InChI is InChI=1S/C19H21N5O4/c25-15-9-11(8-13(21-15)10-3-4-10)19(27)24-7-1-2-14(24)18-22-16(23-28-18)17(26)20-12-5-6-12/h8-10,12,14H,1-7H2,(H,20,26)(H,21,25). The summed E-state index contributed by atoms with van der Waals surface area (Å²) < 4.78 is 5.30. The maximum atomic E-state index is 13.1. The van der Waals surface area contributed by atoms with E-state index in [1.807, 2.05) is 0 Å². The van der Waals surface area contributed by atoms with Crippen molar-refractivity contribution in [2.75, 3.05) is 6.54 Å². The molecular formula is C19H21N5O4. The van der Waals surface area contributed by atoms with Gasteiger partial charge in [-0.3, -0.25) is 14.4 Å². The highest BCUT2D eigenvalue weighted by Gasteiger charge is 2.36. The molecule has 5 rings (SSSR count). The number of likely N-dealkylation sites (tertiary alicyclic amines) is 1. The number of amides is 2. The van der Waals surface area contributed by atoms with Crippen molar-refractivity contribution in [3.05, 3.63) is 45.5 Å². The van der Waals surface area contributed by atoms with Crippen molar-refractivity contribution >= 4 is 11.8 Å². The van der Waals surface area contributed by atoms with E-state index in [2.05, 4.69) is 20.4 Å². The van der Waals surface area contributed by atoms with Crippen LogP contribution in [0.25, 0.3) is 0 Å². The Hall–Kier alpha value is -2.97. The Morgan fingerprint density at radius 1 is 1.18 bits per heavy atom. The molecule has 9 heteroatoms. The van der Waals surface area contributed by atoms with Crippen LogP contribution in [0.4, 0.5) is 0 Å². The Morgan fingerprint density at radius 2 is 2.00 bits per heavy atom. The minimum atomic E-state index is -0.383. The second kappa shape index (κ2) is 6.57. The molecule has 3 aliphatic rings. The van der Waals surface area contributed by atoms with Gasteiger partial charge < -0.3 is 19.7 Å². The number of carbonyl (C=O) groups excluding carboxylic acids is 2. The molecule has 9 nitrogen and oxygen atoms in total. The Kier molecular flexibility index (Phi) is 4.03. The largest absolute Gasteiger partial charge is 0.346 e. The lowest BCUT2D eigenvalue weighted by atomic mass is 10.1. The van der Waals surface area contributed by atoms with E-state index in [1.165, 1.54) is 6.07 Å². The van der Waals surface area contributed by atoms with E-state index in [0.717, 1.165) is 37.8 Å². The molecule has 1 aliphatic heterocycles. The first kappa shape index (κ1) is 17.2. The number of aromatic amines is 1. The lowest BCUT2D eigenvalue weighted by Gasteiger charge is -2.22. The summed E-state index contributed by atoms with van der Waals surface area (Å²) in [7, 11) is 0. The van der Waals surface area contributed by atoms with Gasteiger partial charge in [0, 0.05) is 29.9 Å². The molecule has 2 saturated carbocycles. The molecule has 0 radical (unpaired) electrons. The second-order valence-electron chi connectivity index (χ2n) is 7.82. The van der Waals surface area contributed by atoms with Gasteiger partial charge in [-0.1, -0.05) is 5.16 Å². The van der Waals surface area contributed by atoms with E-state index in [1.54, 1.807) is 11.0 Å². The normalized spacial score (nSPS) is 21.7. The molecule has 1 unspecified atom stereocenters. The number of H-pyrrole nitrogens is 1. The Morgan fingerprint density at radius 3 is 2.75 bits per heavy atom. The van der Waals surface area contributed by atoms with Gasteiger partial charge in [-0.2, -0.15) is 4.98 Å². The van der Waals surface area contributed by atoms with Crippen LogP contribution in [0.5, 0.6) is 0 Å². The molecule has 2 aromatic rings. The molecule has 146 valence electrons. The van der Waals surface area contributed by atoms with Crippen molar-refractivity contribution in [3.63, 3.8) is 0 Å². The minimum Gasteiger partial charge on any atom is -0.346 e. The van der Waals surface area contributed by atoms with Gasteiger partial charge in [0.05, 0.1) is 0 Å². The summed E-state index contributed by atoms with van der Waals surface area (Å²) in [6.45, 7) is 0.543. The van der Waals surface area contributed by atoms with Gasteiger partial charge in [0.25, 0.3) is 17.6 Å². The van der Waals surface area contributed by atoms with Crippen LogP contribution < -0.4 is 10.9 Å². The fourth-order valence-corrected chi connectivity index (χ4v) is 3.68. The van der Waals surface area contributed by atoms with Gasteiger partial charge in [-0.25, -0.2) is 0 Å². The first-order chi connectivity index (χ1) is 13.6. The Balaban J connectivity index is 1.36. The molecule has 2 aromatic heterocycles. The third-order valence-electron chi connectivity index (χ3n) is 5.49. The highest BCUT2D eigenvalue weighted by Crippen LogP contribution is 2.39. The molecule has 2 N–H and O–H groups in total. The van der Waals surface area contributed by atoms with Gasteiger partial charge in [0.2, 0.25) is 11.4 Å². The zero-order valence-corrected chi connectivity index (χ0v) is 15.3. The van der Waals surface area contributed by atoms with Gasteiger partial charge >= 0.3 is 0 Å². The number of pyridine rings is 1. The smallest absolute Gasteiger partial charge is 0.292 e. The number of aromatic nitrogens is 3. The first-order valence-corrected chi connectivity index (χ1v) is 9.78. The van der Waals surface area contributed by atoms with E-state index in [4.69, 9.17) is 4.52 Å². The summed E-state index contributed by atoms with van der Waals surface area (Å²) in [6, 6.07) is 2.94. The molecule has 3 fully saturated rings. The predicted molar refractivity (Wildman–Crippen MR) is 96.8 cm³/mol. The Labute approximate surface area is 160 Å². The summed E-state index contributed by atoms with van der Waals surface area (Å²) in [4.78, 5) is 45.8. The summed E-state index contributed by atoms with van der Waals surface area (Å²) >= 11 is 0. The van der Waals surface area contributed by atoms with Gasteiger partial charge in [0.1, 0.15) is 6.04 Å². The first-order valence-electron chi connectivity index (χ1n) is 9.78. The van der Waals surface area contributed by atoms with Gasteiger partial charge in [0.15, 0.2) is 0 Å². The summed E-state index contributed by atoms with van der Waals surface area (Å²) in [5.41, 5.74) is 0.938. The zero-order chi connectivity index (χ0) is 19.3. The molecule has 1 saturated heterocycles. The average Bonchev–Trinajstić information content (AvgIpc) is 3.59. The summed E-state index contributed by atoms with van der Waals surface area (Å²) in [5, 5.41) is 6.60. The van der Waals surface area contributed by atoms with Gasteiger partial charge in [-0.15, -0.1) is 0 Å². The third-order valence-corrected chi connectivity index (χ3v) is 5.49. The molecule has 28 heavy (non-hydrogen) atoms. The van der Waals surface area contributed by atoms with Gasteiger partial charge in [-0.05, 0) is 50.5 Å². The molecule has 3 heterocycles. The zero-order valence-electron chi connectivity index (χ0n) is 15.3. The molecule has 2 amide bonds. The highest BCUT2D eigenvalue weighted by molar-refractivity contribution is 5.94. The van der Waals surface area contributed by atoms with Crippen molar-refractivity contribution < 1.29 is 14.1 Å². The maximum Gasteiger partial charge on any atom is 0.292 e. The lowest BCUT2D eigenvalue weighted by Crippen LogP contribution is -2.32. The number of carbonyl (C=O) groups is 2. The van der Waals surface area contributed by atoms with E-state index in [0.29, 0.717) is 24.4 Å². The number of rotatable bonds is 5. The predicted octanol–water partition coefficient (Wildman–Crippen LogP) is 1.50. The highest BCUT2D eigenvalue weighted by atomic mass is 16.5. The average molecular weight is 383 g/mol. The van der Waals surface area contributed by atoms with Crippen molar-refractivity contribution in [1.82, 2.24) is 25.3 Å². The second-order valence-corrected chi connectivity index (χ2v) is 7.82. The fraction of sp³-hybridized carbons (Fsp3) is 0.526. The van der Waals surface area contributed by atoms with Crippen LogP contribution in [0.2, 0.25) is 0 Å². The summed E-state index contributed by atoms with van der Waals surface area (Å²) in [5.74, 6) is 0.0282. The molecule has 0 aromatic carbocycles. The number of nitrogens with zero attached hydrogens (tertiary/aromatic N) is 3. The van der Waals surface area contributed by atoms with Crippen LogP contribution in [-0.4, -0.2) is 44.4 Å². The van der Waals surface area contributed by atoms with Crippen molar-refractivity contribution in [1.29, 1.82) is 0 Å². The van der Waals surface area contributed by atoms with Crippen LogP contribution >= 0.6 is 0 Å². The van der Waals surface area contributed by atoms with Crippen molar-refractivity contribution in [2.24, 2.45) is 0 Å². The topological polar surface area (TPSA) is 121 Å². The quantitative estimate of drug-likeness (QED) is 0.807. The molecular weight excluding hydrogens is 362 g/mol. The van der Waals surface area contributed by atoms with E-state index < -0.39 is 0 Å². The molecule has 0 bridgehead atoms. The Bertz CT molecular complexity index is 988. The SMILES string of the molecule is O=C(NC1CC1)c1noc(C2CCCN2C(=O)c2cc(C3CC3)[nH]c(=O)c2)n1. The van der Waals surface area contributed by atoms with E-state index >= 15 is 0 Å². The van der Waals surface area contributed by atoms with Crippen LogP contribution in [0.15, 0.2) is 21.5 Å². The van der Waals surface area contributed by atoms with Crippen molar-refractivity contribution in [3.8, 4) is 0 Å². The molecule has 2 aliphatic carbocycles. The van der Waals surface area contributed by atoms with E-state index in [9.17, 15) is 14.4 Å².